The van der Waals surface area contributed by atoms with Gasteiger partial charge in [0.15, 0.2) is 11.6 Å². The second kappa shape index (κ2) is 4.93. The molecule has 0 N–H and O–H groups in total. The molecule has 2 rings (SSSR count). The molecule has 0 saturated carbocycles. The van der Waals surface area contributed by atoms with Crippen molar-refractivity contribution >= 4 is 15.9 Å². The molecular formula is C11H4BrF4NO. The molecule has 0 atom stereocenters. The molecule has 0 amide bonds. The highest BCUT2D eigenvalue weighted by Gasteiger charge is 2.14. The first-order chi connectivity index (χ1) is 8.47. The van der Waals surface area contributed by atoms with Crippen LogP contribution in [0.25, 0.3) is 0 Å². The maximum atomic E-state index is 13.2. The summed E-state index contributed by atoms with van der Waals surface area (Å²) in [7, 11) is 0. The first-order valence-electron chi connectivity index (χ1n) is 4.62. The normalized spacial score (nSPS) is 10.5. The van der Waals surface area contributed by atoms with Crippen LogP contribution in [-0.2, 0) is 0 Å². The van der Waals surface area contributed by atoms with Crippen LogP contribution in [0.15, 0.2) is 28.7 Å². The van der Waals surface area contributed by atoms with Crippen molar-refractivity contribution < 1.29 is 22.3 Å². The molecule has 0 saturated heterocycles. The Kier molecular flexibility index (Phi) is 3.51. The third kappa shape index (κ3) is 2.61. The molecule has 18 heavy (non-hydrogen) atoms. The summed E-state index contributed by atoms with van der Waals surface area (Å²) in [6, 6.07) is 3.89. The summed E-state index contributed by atoms with van der Waals surface area (Å²) in [6.45, 7) is 0. The van der Waals surface area contributed by atoms with Crippen molar-refractivity contribution in [3.63, 3.8) is 0 Å². The third-order valence-corrected chi connectivity index (χ3v) is 2.60. The molecule has 0 bridgehead atoms. The SMILES string of the molecule is Fc1cc(Oc2nc(F)c(F)cc2F)ccc1Br. The van der Waals surface area contributed by atoms with Gasteiger partial charge in [-0.05, 0) is 28.1 Å². The summed E-state index contributed by atoms with van der Waals surface area (Å²) in [4.78, 5) is 2.95. The topological polar surface area (TPSA) is 22.1 Å². The highest BCUT2D eigenvalue weighted by molar-refractivity contribution is 9.10. The lowest BCUT2D eigenvalue weighted by Crippen LogP contribution is -1.98. The van der Waals surface area contributed by atoms with Gasteiger partial charge in [0.1, 0.15) is 11.6 Å². The van der Waals surface area contributed by atoms with Crippen molar-refractivity contribution in [2.45, 2.75) is 0 Å². The number of aromatic nitrogens is 1. The van der Waals surface area contributed by atoms with Gasteiger partial charge in [0.2, 0.25) is 0 Å². The zero-order valence-corrected chi connectivity index (χ0v) is 10.1. The Bertz CT molecular complexity index is 606. The van der Waals surface area contributed by atoms with Crippen LogP contribution >= 0.6 is 15.9 Å². The molecule has 2 nitrogen and oxygen atoms in total. The van der Waals surface area contributed by atoms with E-state index in [-0.39, 0.29) is 10.2 Å². The third-order valence-electron chi connectivity index (χ3n) is 1.96. The fourth-order valence-electron chi connectivity index (χ4n) is 1.15. The molecule has 2 aromatic rings. The van der Waals surface area contributed by atoms with E-state index in [9.17, 15) is 17.6 Å². The number of benzene rings is 1. The molecule has 1 aromatic heterocycles. The van der Waals surface area contributed by atoms with Crippen LogP contribution in [0.4, 0.5) is 17.6 Å². The highest BCUT2D eigenvalue weighted by atomic mass is 79.9. The molecule has 1 heterocycles. The quantitative estimate of drug-likeness (QED) is 0.611. The lowest BCUT2D eigenvalue weighted by Gasteiger charge is -2.06. The van der Waals surface area contributed by atoms with E-state index in [0.29, 0.717) is 6.07 Å². The van der Waals surface area contributed by atoms with Gasteiger partial charge in [0.05, 0.1) is 4.47 Å². The number of ether oxygens (including phenoxy) is 1. The first-order valence-corrected chi connectivity index (χ1v) is 5.41. The van der Waals surface area contributed by atoms with Crippen LogP contribution in [0.1, 0.15) is 0 Å². The van der Waals surface area contributed by atoms with Crippen LogP contribution in [0.5, 0.6) is 11.6 Å². The van der Waals surface area contributed by atoms with Crippen molar-refractivity contribution in [2.24, 2.45) is 0 Å². The first kappa shape index (κ1) is 12.8. The van der Waals surface area contributed by atoms with Gasteiger partial charge in [0.25, 0.3) is 11.8 Å². The average molecular weight is 322 g/mol. The van der Waals surface area contributed by atoms with E-state index in [1.54, 1.807) is 0 Å². The fraction of sp³-hybridized carbons (Fsp3) is 0. The number of pyridine rings is 1. The van der Waals surface area contributed by atoms with Crippen LogP contribution in [-0.4, -0.2) is 4.98 Å². The Hall–Kier alpha value is -1.63. The summed E-state index contributed by atoms with van der Waals surface area (Å²) < 4.78 is 56.8. The zero-order chi connectivity index (χ0) is 13.3. The summed E-state index contributed by atoms with van der Waals surface area (Å²) in [5.41, 5.74) is 0. The average Bonchev–Trinajstić information content (AvgIpc) is 2.31. The zero-order valence-electron chi connectivity index (χ0n) is 8.55. The largest absolute Gasteiger partial charge is 0.436 e. The van der Waals surface area contributed by atoms with Crippen molar-refractivity contribution in [2.75, 3.05) is 0 Å². The number of hydrogen-bond donors (Lipinski definition) is 0. The van der Waals surface area contributed by atoms with E-state index >= 15 is 0 Å². The molecule has 94 valence electrons. The van der Waals surface area contributed by atoms with E-state index in [4.69, 9.17) is 4.74 Å². The minimum atomic E-state index is -1.50. The smallest absolute Gasteiger partial charge is 0.258 e. The molecule has 0 spiro atoms. The van der Waals surface area contributed by atoms with Gasteiger partial charge in [-0.1, -0.05) is 0 Å². The lowest BCUT2D eigenvalue weighted by molar-refractivity contribution is 0.385. The minimum absolute atomic E-state index is 0.0897. The molecule has 0 aliphatic rings. The molecule has 0 unspecified atom stereocenters. The van der Waals surface area contributed by atoms with E-state index < -0.39 is 29.3 Å². The van der Waals surface area contributed by atoms with Gasteiger partial charge >= 0.3 is 0 Å². The van der Waals surface area contributed by atoms with E-state index in [2.05, 4.69) is 20.9 Å². The summed E-state index contributed by atoms with van der Waals surface area (Å²) in [5.74, 6) is -5.61. The van der Waals surface area contributed by atoms with Gasteiger partial charge in [0, 0.05) is 12.1 Å². The highest BCUT2D eigenvalue weighted by Crippen LogP contribution is 2.26. The van der Waals surface area contributed by atoms with Gasteiger partial charge in [-0.25, -0.2) is 13.2 Å². The molecule has 0 aliphatic heterocycles. The predicted octanol–water partition coefficient (Wildman–Crippen LogP) is 4.19. The van der Waals surface area contributed by atoms with Gasteiger partial charge in [-0.3, -0.25) is 0 Å². The van der Waals surface area contributed by atoms with E-state index in [1.165, 1.54) is 12.1 Å². The Balaban J connectivity index is 2.34. The molecule has 0 aliphatic carbocycles. The Labute approximate surface area is 107 Å². The maximum absolute atomic E-state index is 13.2. The number of halogens is 5. The van der Waals surface area contributed by atoms with Crippen molar-refractivity contribution in [3.8, 4) is 11.6 Å². The monoisotopic (exact) mass is 321 g/mol. The second-order valence-corrected chi connectivity index (χ2v) is 4.08. The number of hydrogen-bond acceptors (Lipinski definition) is 2. The summed E-state index contributed by atoms with van der Waals surface area (Å²) in [5, 5.41) is 0. The van der Waals surface area contributed by atoms with Crippen LogP contribution in [0.3, 0.4) is 0 Å². The van der Waals surface area contributed by atoms with Gasteiger partial charge < -0.3 is 4.74 Å². The number of rotatable bonds is 2. The lowest BCUT2D eigenvalue weighted by atomic mass is 10.3. The molecule has 7 heteroatoms. The van der Waals surface area contributed by atoms with Crippen molar-refractivity contribution in [1.82, 2.24) is 4.98 Å². The molecule has 0 radical (unpaired) electrons. The maximum Gasteiger partial charge on any atom is 0.258 e. The summed E-state index contributed by atoms with van der Waals surface area (Å²) in [6.07, 6.45) is 0. The van der Waals surface area contributed by atoms with Gasteiger partial charge in [-0.15, -0.1) is 0 Å². The van der Waals surface area contributed by atoms with Gasteiger partial charge in [-0.2, -0.15) is 9.37 Å². The van der Waals surface area contributed by atoms with Crippen molar-refractivity contribution in [1.29, 1.82) is 0 Å². The molecule has 1 aromatic carbocycles. The Morgan fingerprint density at radius 2 is 1.67 bits per heavy atom. The Morgan fingerprint density at radius 3 is 2.33 bits per heavy atom. The summed E-state index contributed by atoms with van der Waals surface area (Å²) >= 11 is 2.92. The Morgan fingerprint density at radius 1 is 0.944 bits per heavy atom. The van der Waals surface area contributed by atoms with E-state index in [0.717, 1.165) is 6.07 Å². The molecule has 0 fully saturated rings. The van der Waals surface area contributed by atoms with Crippen molar-refractivity contribution in [3.05, 3.63) is 52.1 Å². The second-order valence-electron chi connectivity index (χ2n) is 3.23. The molecular weight excluding hydrogens is 318 g/mol. The van der Waals surface area contributed by atoms with Crippen LogP contribution in [0, 0.1) is 23.4 Å². The standard InChI is InChI=1S/C11H4BrF4NO/c12-6-2-1-5(3-7(6)13)18-11-9(15)4-8(14)10(16)17-11/h1-4H. The predicted molar refractivity (Wildman–Crippen MR) is 58.3 cm³/mol. The number of nitrogens with zero attached hydrogens (tertiary/aromatic N) is 1. The minimum Gasteiger partial charge on any atom is -0.436 e. The van der Waals surface area contributed by atoms with E-state index in [1.807, 2.05) is 0 Å². The fourth-order valence-corrected chi connectivity index (χ4v) is 1.40. The van der Waals surface area contributed by atoms with Crippen LogP contribution < -0.4 is 4.74 Å². The van der Waals surface area contributed by atoms with Crippen LogP contribution in [0.2, 0.25) is 0 Å².